The summed E-state index contributed by atoms with van der Waals surface area (Å²) < 4.78 is 11.6. The lowest BCUT2D eigenvalue weighted by Gasteiger charge is -2.27. The highest BCUT2D eigenvalue weighted by atomic mass is 32.2. The van der Waals surface area contributed by atoms with Crippen molar-refractivity contribution in [2.24, 2.45) is 0 Å². The van der Waals surface area contributed by atoms with Crippen LogP contribution in [-0.2, 0) is 20.8 Å². The average molecular weight is 329 g/mol. The molecule has 0 bridgehead atoms. The van der Waals surface area contributed by atoms with E-state index in [1.807, 2.05) is 11.5 Å². The molecule has 1 aliphatic rings. The summed E-state index contributed by atoms with van der Waals surface area (Å²) in [6, 6.07) is 0. The first-order valence-electron chi connectivity index (χ1n) is 6.92. The lowest BCUT2D eigenvalue weighted by Crippen LogP contribution is -2.38. The van der Waals surface area contributed by atoms with E-state index in [-0.39, 0.29) is 5.75 Å². The van der Waals surface area contributed by atoms with Crippen LogP contribution >= 0.6 is 11.8 Å². The summed E-state index contributed by atoms with van der Waals surface area (Å²) in [6.45, 7) is 5.56. The third-order valence-corrected chi connectivity index (χ3v) is 4.03. The highest BCUT2D eigenvalue weighted by Crippen LogP contribution is 2.22. The van der Waals surface area contributed by atoms with E-state index in [1.165, 1.54) is 18.9 Å². The zero-order valence-electron chi connectivity index (χ0n) is 12.6. The van der Waals surface area contributed by atoms with Gasteiger partial charge in [0.2, 0.25) is 11.9 Å². The zero-order chi connectivity index (χ0) is 15.9. The van der Waals surface area contributed by atoms with Crippen molar-refractivity contribution in [3.63, 3.8) is 0 Å². The smallest absolute Gasteiger partial charge is 0.413 e. The Kier molecular flexibility index (Phi) is 6.01. The molecule has 0 saturated carbocycles. The van der Waals surface area contributed by atoms with Crippen LogP contribution in [0.1, 0.15) is 6.92 Å². The number of methoxy groups -OCH3 is 1. The van der Waals surface area contributed by atoms with Crippen molar-refractivity contribution in [3.8, 4) is 0 Å². The van der Waals surface area contributed by atoms with Gasteiger partial charge in [0, 0.05) is 19.6 Å². The van der Waals surface area contributed by atoms with Crippen LogP contribution in [0.5, 0.6) is 0 Å². The molecule has 1 saturated heterocycles. The molecule has 0 aliphatic carbocycles. The van der Waals surface area contributed by atoms with Gasteiger partial charge < -0.3 is 14.4 Å². The molecule has 122 valence electrons. The molecule has 22 heavy (non-hydrogen) atoms. The maximum atomic E-state index is 11.6. The molecular formula is C12H19N5O4S. The third kappa shape index (κ3) is 4.10. The largest absolute Gasteiger partial charge is 0.453 e. The lowest BCUT2D eigenvalue weighted by molar-refractivity contribution is -0.117. The molecule has 1 fully saturated rings. The van der Waals surface area contributed by atoms with Crippen LogP contribution in [0.25, 0.3) is 0 Å². The van der Waals surface area contributed by atoms with Crippen molar-refractivity contribution in [2.75, 3.05) is 44.1 Å². The fourth-order valence-corrected chi connectivity index (χ4v) is 2.79. The van der Waals surface area contributed by atoms with E-state index in [0.29, 0.717) is 24.9 Å². The number of morpholine rings is 1. The number of imide groups is 1. The van der Waals surface area contributed by atoms with Crippen molar-refractivity contribution in [1.29, 1.82) is 0 Å². The molecule has 0 radical (unpaired) electrons. The van der Waals surface area contributed by atoms with Gasteiger partial charge in [-0.05, 0) is 6.92 Å². The van der Waals surface area contributed by atoms with Gasteiger partial charge in [0.15, 0.2) is 5.16 Å². The van der Waals surface area contributed by atoms with Gasteiger partial charge in [-0.1, -0.05) is 11.8 Å². The molecule has 2 rings (SSSR count). The first-order valence-corrected chi connectivity index (χ1v) is 7.90. The quantitative estimate of drug-likeness (QED) is 0.760. The van der Waals surface area contributed by atoms with E-state index in [9.17, 15) is 9.59 Å². The number of amides is 2. The van der Waals surface area contributed by atoms with Crippen molar-refractivity contribution in [1.82, 2.24) is 20.1 Å². The Morgan fingerprint density at radius 3 is 2.73 bits per heavy atom. The Morgan fingerprint density at radius 2 is 2.09 bits per heavy atom. The number of aromatic nitrogens is 3. The minimum atomic E-state index is -0.767. The molecular weight excluding hydrogens is 310 g/mol. The predicted molar refractivity (Wildman–Crippen MR) is 80.0 cm³/mol. The Labute approximate surface area is 132 Å². The molecule has 1 aliphatic heterocycles. The number of rotatable bonds is 5. The molecule has 2 heterocycles. The lowest BCUT2D eigenvalue weighted by atomic mass is 10.4. The number of carbonyl (C=O) groups is 2. The Hall–Kier alpha value is -1.81. The van der Waals surface area contributed by atoms with Crippen molar-refractivity contribution in [2.45, 2.75) is 18.6 Å². The van der Waals surface area contributed by atoms with Gasteiger partial charge in [-0.15, -0.1) is 10.2 Å². The summed E-state index contributed by atoms with van der Waals surface area (Å²) in [5.41, 5.74) is 0. The first-order chi connectivity index (χ1) is 10.7. The molecule has 1 aromatic heterocycles. The molecule has 0 unspecified atom stereocenters. The third-order valence-electron chi connectivity index (χ3n) is 3.07. The normalized spacial score (nSPS) is 14.7. The molecule has 0 aromatic carbocycles. The van der Waals surface area contributed by atoms with E-state index in [4.69, 9.17) is 4.74 Å². The van der Waals surface area contributed by atoms with Gasteiger partial charge in [0.25, 0.3) is 0 Å². The van der Waals surface area contributed by atoms with Crippen LogP contribution < -0.4 is 10.2 Å². The topological polar surface area (TPSA) is 98.6 Å². The number of hydrogen-bond donors (Lipinski definition) is 1. The summed E-state index contributed by atoms with van der Waals surface area (Å²) in [5.74, 6) is 0.410. The number of nitrogens with zero attached hydrogens (tertiary/aromatic N) is 4. The monoisotopic (exact) mass is 329 g/mol. The first kappa shape index (κ1) is 16.6. The molecule has 10 heteroatoms. The van der Waals surface area contributed by atoms with E-state index >= 15 is 0 Å². The van der Waals surface area contributed by atoms with Crippen LogP contribution in [0.4, 0.5) is 10.7 Å². The van der Waals surface area contributed by atoms with Gasteiger partial charge >= 0.3 is 6.09 Å². The summed E-state index contributed by atoms with van der Waals surface area (Å²) in [6.07, 6.45) is -0.767. The zero-order valence-corrected chi connectivity index (χ0v) is 13.4. The average Bonchev–Trinajstić information content (AvgIpc) is 2.96. The number of alkyl carbamates (subject to hydrolysis) is 1. The van der Waals surface area contributed by atoms with E-state index < -0.39 is 12.0 Å². The Morgan fingerprint density at radius 1 is 1.36 bits per heavy atom. The number of hydrogen-bond acceptors (Lipinski definition) is 8. The fraction of sp³-hybridized carbons (Fsp3) is 0.667. The van der Waals surface area contributed by atoms with Gasteiger partial charge in [-0.25, -0.2) is 4.79 Å². The number of carbonyl (C=O) groups excluding carboxylic acids is 2. The van der Waals surface area contributed by atoms with Crippen LogP contribution in [0.15, 0.2) is 5.16 Å². The van der Waals surface area contributed by atoms with Gasteiger partial charge in [-0.3, -0.25) is 14.7 Å². The Bertz CT molecular complexity index is 530. The summed E-state index contributed by atoms with van der Waals surface area (Å²) in [4.78, 5) is 24.6. The van der Waals surface area contributed by atoms with Gasteiger partial charge in [0.1, 0.15) is 0 Å². The van der Waals surface area contributed by atoms with Crippen molar-refractivity contribution in [3.05, 3.63) is 0 Å². The van der Waals surface area contributed by atoms with Gasteiger partial charge in [-0.2, -0.15) is 0 Å². The summed E-state index contributed by atoms with van der Waals surface area (Å²) >= 11 is 1.23. The number of thioether (sulfide) groups is 1. The highest BCUT2D eigenvalue weighted by molar-refractivity contribution is 7.99. The maximum absolute atomic E-state index is 11.6. The van der Waals surface area contributed by atoms with Crippen LogP contribution in [0, 0.1) is 0 Å². The second-order valence-corrected chi connectivity index (χ2v) is 5.40. The molecule has 0 atom stereocenters. The highest BCUT2D eigenvalue weighted by Gasteiger charge is 2.20. The Balaban J connectivity index is 1.98. The van der Waals surface area contributed by atoms with Crippen molar-refractivity contribution < 1.29 is 19.1 Å². The number of anilines is 1. The number of ether oxygens (including phenoxy) is 2. The SMILES string of the molecule is CCn1c(SCC(=O)NC(=O)OC)nnc1N1CCOCC1. The molecule has 1 aromatic rings. The maximum Gasteiger partial charge on any atom is 0.413 e. The summed E-state index contributed by atoms with van der Waals surface area (Å²) in [5, 5.41) is 11.1. The summed E-state index contributed by atoms with van der Waals surface area (Å²) in [7, 11) is 1.21. The fourth-order valence-electron chi connectivity index (χ4n) is 1.99. The predicted octanol–water partition coefficient (Wildman–Crippen LogP) is 0.109. The van der Waals surface area contributed by atoms with Crippen LogP contribution in [-0.4, -0.2) is 65.9 Å². The second kappa shape index (κ2) is 7.99. The van der Waals surface area contributed by atoms with E-state index in [2.05, 4.69) is 25.2 Å². The van der Waals surface area contributed by atoms with Crippen LogP contribution in [0.3, 0.4) is 0 Å². The van der Waals surface area contributed by atoms with Crippen molar-refractivity contribution >= 4 is 29.7 Å². The molecule has 2 amide bonds. The minimum Gasteiger partial charge on any atom is -0.453 e. The minimum absolute atomic E-state index is 0.0658. The molecule has 0 spiro atoms. The van der Waals surface area contributed by atoms with Gasteiger partial charge in [0.05, 0.1) is 26.1 Å². The van der Waals surface area contributed by atoms with E-state index in [0.717, 1.165) is 19.0 Å². The number of nitrogens with one attached hydrogen (secondary N) is 1. The molecule has 1 N–H and O–H groups in total. The van der Waals surface area contributed by atoms with Crippen LogP contribution in [0.2, 0.25) is 0 Å². The molecule has 9 nitrogen and oxygen atoms in total. The van der Waals surface area contributed by atoms with E-state index in [1.54, 1.807) is 0 Å². The standard InChI is InChI=1S/C12H19N5O4S/c1-3-17-10(16-4-6-21-7-5-16)14-15-11(17)22-8-9(18)13-12(19)20-2/h3-8H2,1-2H3,(H,13,18,19). The second-order valence-electron chi connectivity index (χ2n) is 4.45.